The molecule has 0 bridgehead atoms. The van der Waals surface area contributed by atoms with Gasteiger partial charge in [-0.3, -0.25) is 14.4 Å². The topological polar surface area (TPSA) is 78.7 Å². The van der Waals surface area contributed by atoms with Crippen LogP contribution < -0.4 is 0 Å². The largest absolute Gasteiger partial charge is 0.478 e. The fraction of sp³-hybridized carbons (Fsp3) is 0.421. The molecule has 1 N–H and O–H groups in total. The van der Waals surface area contributed by atoms with Crippen LogP contribution in [-0.2, 0) is 11.3 Å². The second-order valence-corrected chi connectivity index (χ2v) is 6.78. The number of carboxylic acid groups (broad SMARTS) is 1. The van der Waals surface area contributed by atoms with Crippen LogP contribution in [0.25, 0.3) is 0 Å². The zero-order valence-electron chi connectivity index (χ0n) is 15.1. The highest BCUT2D eigenvalue weighted by molar-refractivity contribution is 5.87. The summed E-state index contributed by atoms with van der Waals surface area (Å²) in [7, 11) is 0. The SMILES string of the molecule is Cc1cccc(CN2CCN(C(=O)C(C)n3cc(C(=O)O)cn3)CC2)c1. The molecule has 2 heterocycles. The van der Waals surface area contributed by atoms with E-state index in [9.17, 15) is 9.59 Å². The fourth-order valence-corrected chi connectivity index (χ4v) is 3.23. The lowest BCUT2D eigenvalue weighted by Crippen LogP contribution is -2.49. The number of benzene rings is 1. The molecular weight excluding hydrogens is 332 g/mol. The number of carbonyl (C=O) groups excluding carboxylic acids is 1. The predicted octanol–water partition coefficient (Wildman–Crippen LogP) is 1.80. The van der Waals surface area contributed by atoms with Crippen molar-refractivity contribution < 1.29 is 14.7 Å². The lowest BCUT2D eigenvalue weighted by atomic mass is 10.1. The highest BCUT2D eigenvalue weighted by Gasteiger charge is 2.26. The van der Waals surface area contributed by atoms with Crippen LogP contribution in [0.15, 0.2) is 36.7 Å². The van der Waals surface area contributed by atoms with Gasteiger partial charge in [0.15, 0.2) is 0 Å². The summed E-state index contributed by atoms with van der Waals surface area (Å²) in [5.41, 5.74) is 2.63. The summed E-state index contributed by atoms with van der Waals surface area (Å²) in [5.74, 6) is -1.07. The van der Waals surface area contributed by atoms with E-state index in [0.717, 1.165) is 19.6 Å². The van der Waals surface area contributed by atoms with E-state index in [4.69, 9.17) is 5.11 Å². The number of hydrogen-bond donors (Lipinski definition) is 1. The Hall–Kier alpha value is -2.67. The Morgan fingerprint density at radius 2 is 1.96 bits per heavy atom. The van der Waals surface area contributed by atoms with Crippen LogP contribution in [0.2, 0.25) is 0 Å². The number of aromatic carboxylic acids is 1. The van der Waals surface area contributed by atoms with E-state index in [0.29, 0.717) is 13.1 Å². The zero-order chi connectivity index (χ0) is 18.7. The average Bonchev–Trinajstić information content (AvgIpc) is 3.12. The quantitative estimate of drug-likeness (QED) is 0.884. The molecule has 0 aliphatic carbocycles. The molecule has 0 spiro atoms. The number of aromatic nitrogens is 2. The Morgan fingerprint density at radius 3 is 2.58 bits per heavy atom. The van der Waals surface area contributed by atoms with Gasteiger partial charge in [0.25, 0.3) is 0 Å². The number of rotatable bonds is 5. The van der Waals surface area contributed by atoms with Gasteiger partial charge in [0.1, 0.15) is 6.04 Å². The van der Waals surface area contributed by atoms with E-state index in [-0.39, 0.29) is 11.5 Å². The number of aryl methyl sites for hydroxylation is 1. The first-order valence-corrected chi connectivity index (χ1v) is 8.78. The maximum absolute atomic E-state index is 12.7. The van der Waals surface area contributed by atoms with Crippen molar-refractivity contribution in [3.63, 3.8) is 0 Å². The third kappa shape index (κ3) is 4.11. The molecule has 1 fully saturated rings. The highest BCUT2D eigenvalue weighted by atomic mass is 16.4. The van der Waals surface area contributed by atoms with Crippen LogP contribution in [0.4, 0.5) is 0 Å². The van der Waals surface area contributed by atoms with Crippen molar-refractivity contribution in [1.29, 1.82) is 0 Å². The van der Waals surface area contributed by atoms with Crippen molar-refractivity contribution in [3.8, 4) is 0 Å². The lowest BCUT2D eigenvalue weighted by Gasteiger charge is -2.36. The van der Waals surface area contributed by atoms with Crippen LogP contribution in [-0.4, -0.2) is 62.7 Å². The van der Waals surface area contributed by atoms with E-state index >= 15 is 0 Å². The number of amides is 1. The molecule has 138 valence electrons. The normalized spacial score (nSPS) is 16.5. The summed E-state index contributed by atoms with van der Waals surface area (Å²) in [4.78, 5) is 27.8. The molecule has 1 aromatic heterocycles. The maximum atomic E-state index is 12.7. The van der Waals surface area contributed by atoms with Gasteiger partial charge in [-0.05, 0) is 19.4 Å². The van der Waals surface area contributed by atoms with E-state index in [1.165, 1.54) is 28.2 Å². The molecule has 1 amide bonds. The molecule has 7 nitrogen and oxygen atoms in total. The van der Waals surface area contributed by atoms with Crippen LogP contribution in [0.3, 0.4) is 0 Å². The summed E-state index contributed by atoms with van der Waals surface area (Å²) < 4.78 is 1.42. The number of carboxylic acids is 1. The molecule has 0 radical (unpaired) electrons. The monoisotopic (exact) mass is 356 g/mol. The van der Waals surface area contributed by atoms with Crippen molar-refractivity contribution in [2.45, 2.75) is 26.4 Å². The minimum atomic E-state index is -1.04. The van der Waals surface area contributed by atoms with Crippen molar-refractivity contribution in [3.05, 3.63) is 53.3 Å². The third-order valence-corrected chi connectivity index (χ3v) is 4.78. The summed E-state index contributed by atoms with van der Waals surface area (Å²) in [6.45, 7) is 7.72. The van der Waals surface area contributed by atoms with Crippen LogP contribution in [0.1, 0.15) is 34.5 Å². The van der Waals surface area contributed by atoms with Gasteiger partial charge >= 0.3 is 5.97 Å². The summed E-state index contributed by atoms with van der Waals surface area (Å²) in [6, 6.07) is 7.97. The fourth-order valence-electron chi connectivity index (χ4n) is 3.23. The third-order valence-electron chi connectivity index (χ3n) is 4.78. The van der Waals surface area contributed by atoms with E-state index in [2.05, 4.69) is 41.2 Å². The Bertz CT molecular complexity index is 794. The summed E-state index contributed by atoms with van der Waals surface area (Å²) in [5, 5.41) is 13.0. The molecule has 1 aliphatic rings. The van der Waals surface area contributed by atoms with E-state index in [1.807, 2.05) is 4.90 Å². The first kappa shape index (κ1) is 18.1. The van der Waals surface area contributed by atoms with Gasteiger partial charge in [0, 0.05) is 38.9 Å². The Morgan fingerprint density at radius 1 is 1.23 bits per heavy atom. The van der Waals surface area contributed by atoms with Crippen LogP contribution in [0, 0.1) is 6.92 Å². The first-order valence-electron chi connectivity index (χ1n) is 8.78. The number of hydrogen-bond acceptors (Lipinski definition) is 4. The second-order valence-electron chi connectivity index (χ2n) is 6.78. The van der Waals surface area contributed by atoms with Gasteiger partial charge in [-0.1, -0.05) is 29.8 Å². The zero-order valence-corrected chi connectivity index (χ0v) is 15.1. The van der Waals surface area contributed by atoms with Gasteiger partial charge in [-0.15, -0.1) is 0 Å². The molecule has 1 atom stereocenters. The molecule has 0 saturated carbocycles. The van der Waals surface area contributed by atoms with Crippen molar-refractivity contribution in [2.24, 2.45) is 0 Å². The number of piperazine rings is 1. The Labute approximate surface area is 152 Å². The maximum Gasteiger partial charge on any atom is 0.338 e. The van der Waals surface area contributed by atoms with Crippen LogP contribution in [0.5, 0.6) is 0 Å². The van der Waals surface area contributed by atoms with Gasteiger partial charge < -0.3 is 10.0 Å². The number of nitrogens with zero attached hydrogens (tertiary/aromatic N) is 4. The Balaban J connectivity index is 1.55. The van der Waals surface area contributed by atoms with Crippen molar-refractivity contribution in [1.82, 2.24) is 19.6 Å². The number of carbonyl (C=O) groups is 2. The lowest BCUT2D eigenvalue weighted by molar-refractivity contribution is -0.136. The van der Waals surface area contributed by atoms with Gasteiger partial charge in [-0.2, -0.15) is 5.10 Å². The minimum absolute atomic E-state index is 0.0276. The molecule has 1 saturated heterocycles. The molecular formula is C19H24N4O3. The first-order chi connectivity index (χ1) is 12.4. The van der Waals surface area contributed by atoms with Gasteiger partial charge in [-0.25, -0.2) is 4.79 Å². The predicted molar refractivity (Wildman–Crippen MR) is 96.9 cm³/mol. The average molecular weight is 356 g/mol. The van der Waals surface area contributed by atoms with Gasteiger partial charge in [0.05, 0.1) is 11.8 Å². The van der Waals surface area contributed by atoms with Crippen LogP contribution >= 0.6 is 0 Å². The van der Waals surface area contributed by atoms with Crippen molar-refractivity contribution >= 4 is 11.9 Å². The molecule has 2 aromatic rings. The van der Waals surface area contributed by atoms with E-state index in [1.54, 1.807) is 6.92 Å². The highest BCUT2D eigenvalue weighted by Crippen LogP contribution is 2.15. The van der Waals surface area contributed by atoms with Crippen molar-refractivity contribution in [2.75, 3.05) is 26.2 Å². The molecule has 1 unspecified atom stereocenters. The molecule has 3 rings (SSSR count). The standard InChI is InChI=1S/C19H24N4O3/c1-14-4-3-5-16(10-14)12-21-6-8-22(9-7-21)18(24)15(2)23-13-17(11-20-23)19(25)26/h3-5,10-11,13,15H,6-9,12H2,1-2H3,(H,25,26). The summed E-state index contributed by atoms with van der Waals surface area (Å²) in [6.07, 6.45) is 2.67. The van der Waals surface area contributed by atoms with E-state index < -0.39 is 12.0 Å². The molecule has 1 aliphatic heterocycles. The summed E-state index contributed by atoms with van der Waals surface area (Å²) >= 11 is 0. The van der Waals surface area contributed by atoms with Gasteiger partial charge in [0.2, 0.25) is 5.91 Å². The molecule has 1 aromatic carbocycles. The Kier molecular flexibility index (Phi) is 5.37. The minimum Gasteiger partial charge on any atom is -0.478 e. The second kappa shape index (κ2) is 7.70. The molecule has 26 heavy (non-hydrogen) atoms. The molecule has 7 heteroatoms. The smallest absolute Gasteiger partial charge is 0.338 e.